The van der Waals surface area contributed by atoms with Crippen LogP contribution in [0.25, 0.3) is 6.08 Å². The number of aliphatic carboxylic acids is 1. The number of amides is 1. The molecule has 1 aromatic carbocycles. The number of benzene rings is 1. The number of hydrogen-bond donors (Lipinski definition) is 1. The fraction of sp³-hybridized carbons (Fsp3) is 0.143. The van der Waals surface area contributed by atoms with Crippen molar-refractivity contribution in [2.75, 3.05) is 13.1 Å². The first kappa shape index (κ1) is 15.0. The molecule has 1 N–H and O–H groups in total. The lowest BCUT2D eigenvalue weighted by Crippen LogP contribution is -2.34. The van der Waals surface area contributed by atoms with Crippen LogP contribution in [-0.2, 0) is 9.59 Å². The number of rotatable bonds is 6. The van der Waals surface area contributed by atoms with Gasteiger partial charge in [-0.15, -0.1) is 6.58 Å². The molecule has 1 amide bonds. The van der Waals surface area contributed by atoms with Crippen LogP contribution in [0.15, 0.2) is 43.0 Å². The minimum Gasteiger partial charge on any atom is -0.480 e. The lowest BCUT2D eigenvalue weighted by molar-refractivity contribution is -0.142. The van der Waals surface area contributed by atoms with Gasteiger partial charge in [0.15, 0.2) is 0 Å². The molecule has 4 nitrogen and oxygen atoms in total. The number of carboxylic acid groups (broad SMARTS) is 1. The number of halogens is 1. The van der Waals surface area contributed by atoms with Gasteiger partial charge >= 0.3 is 5.97 Å². The maximum absolute atomic E-state index is 11.8. The van der Waals surface area contributed by atoms with E-state index in [0.29, 0.717) is 10.6 Å². The molecule has 100 valence electrons. The maximum Gasteiger partial charge on any atom is 0.323 e. The van der Waals surface area contributed by atoms with Crippen LogP contribution in [0.2, 0.25) is 5.02 Å². The second-order valence-electron chi connectivity index (χ2n) is 3.76. The first-order chi connectivity index (χ1) is 9.04. The highest BCUT2D eigenvalue weighted by molar-refractivity contribution is 6.32. The molecule has 19 heavy (non-hydrogen) atoms. The maximum atomic E-state index is 11.8. The van der Waals surface area contributed by atoms with E-state index in [0.717, 1.165) is 0 Å². The van der Waals surface area contributed by atoms with Gasteiger partial charge in [-0.2, -0.15) is 0 Å². The first-order valence-electron chi connectivity index (χ1n) is 5.58. The zero-order valence-electron chi connectivity index (χ0n) is 10.3. The summed E-state index contributed by atoms with van der Waals surface area (Å²) in [4.78, 5) is 23.7. The largest absolute Gasteiger partial charge is 0.480 e. The van der Waals surface area contributed by atoms with E-state index in [4.69, 9.17) is 16.7 Å². The van der Waals surface area contributed by atoms with Gasteiger partial charge in [-0.1, -0.05) is 35.9 Å². The molecule has 0 spiro atoms. The molecule has 1 rings (SSSR count). The first-order valence-corrected chi connectivity index (χ1v) is 5.96. The van der Waals surface area contributed by atoms with Crippen molar-refractivity contribution in [3.8, 4) is 0 Å². The van der Waals surface area contributed by atoms with Gasteiger partial charge in [0, 0.05) is 17.6 Å². The topological polar surface area (TPSA) is 57.6 Å². The Morgan fingerprint density at radius 1 is 1.37 bits per heavy atom. The molecule has 0 atom stereocenters. The second-order valence-corrected chi connectivity index (χ2v) is 4.16. The average molecular weight is 280 g/mol. The molecule has 0 saturated heterocycles. The molecule has 0 heterocycles. The van der Waals surface area contributed by atoms with Crippen LogP contribution in [0.5, 0.6) is 0 Å². The Bertz CT molecular complexity index is 511. The summed E-state index contributed by atoms with van der Waals surface area (Å²) in [6.45, 7) is 3.31. The molecule has 0 unspecified atom stereocenters. The average Bonchev–Trinajstić information content (AvgIpc) is 2.36. The zero-order chi connectivity index (χ0) is 14.3. The molecule has 0 radical (unpaired) electrons. The van der Waals surface area contributed by atoms with Gasteiger partial charge in [-0.05, 0) is 17.7 Å². The number of hydrogen-bond acceptors (Lipinski definition) is 2. The fourth-order valence-corrected chi connectivity index (χ4v) is 1.63. The Labute approximate surface area is 116 Å². The van der Waals surface area contributed by atoms with Crippen molar-refractivity contribution in [1.29, 1.82) is 0 Å². The Balaban J connectivity index is 2.78. The van der Waals surface area contributed by atoms with Crippen LogP contribution < -0.4 is 0 Å². The Morgan fingerprint density at radius 2 is 2.05 bits per heavy atom. The number of nitrogens with zero attached hydrogens (tertiary/aromatic N) is 1. The lowest BCUT2D eigenvalue weighted by Gasteiger charge is -2.16. The third-order valence-electron chi connectivity index (χ3n) is 2.30. The van der Waals surface area contributed by atoms with Gasteiger partial charge in [-0.3, -0.25) is 9.59 Å². The van der Waals surface area contributed by atoms with E-state index in [1.165, 1.54) is 17.1 Å². The van der Waals surface area contributed by atoms with Crippen LogP contribution in [0.1, 0.15) is 5.56 Å². The second kappa shape index (κ2) is 7.38. The van der Waals surface area contributed by atoms with E-state index in [-0.39, 0.29) is 13.1 Å². The van der Waals surface area contributed by atoms with Gasteiger partial charge in [0.1, 0.15) is 6.54 Å². The van der Waals surface area contributed by atoms with E-state index >= 15 is 0 Å². The molecular weight excluding hydrogens is 266 g/mol. The number of carboxylic acids is 1. The van der Waals surface area contributed by atoms with Crippen molar-refractivity contribution in [3.63, 3.8) is 0 Å². The summed E-state index contributed by atoms with van der Waals surface area (Å²) in [5, 5.41) is 9.24. The lowest BCUT2D eigenvalue weighted by atomic mass is 10.2. The summed E-state index contributed by atoms with van der Waals surface area (Å²) in [6.07, 6.45) is 4.33. The highest BCUT2D eigenvalue weighted by atomic mass is 35.5. The summed E-state index contributed by atoms with van der Waals surface area (Å²) < 4.78 is 0. The standard InChI is InChI=1S/C14H14ClNO3/c1-2-9-16(10-14(18)19)13(17)8-7-11-5-3-4-6-12(11)15/h2-8H,1,9-10H2,(H,18,19). The normalized spacial score (nSPS) is 10.4. The van der Waals surface area contributed by atoms with Crippen LogP contribution in [0.4, 0.5) is 0 Å². The Morgan fingerprint density at radius 3 is 2.63 bits per heavy atom. The fourth-order valence-electron chi connectivity index (χ4n) is 1.43. The van der Waals surface area contributed by atoms with Gasteiger partial charge in [0.2, 0.25) is 5.91 Å². The smallest absolute Gasteiger partial charge is 0.323 e. The van der Waals surface area contributed by atoms with Crippen LogP contribution in [0.3, 0.4) is 0 Å². The van der Waals surface area contributed by atoms with Gasteiger partial charge in [0.05, 0.1) is 0 Å². The summed E-state index contributed by atoms with van der Waals surface area (Å²) >= 11 is 5.95. The van der Waals surface area contributed by atoms with Crippen molar-refractivity contribution in [2.24, 2.45) is 0 Å². The van der Waals surface area contributed by atoms with Crippen molar-refractivity contribution < 1.29 is 14.7 Å². The van der Waals surface area contributed by atoms with Gasteiger partial charge < -0.3 is 10.0 Å². The molecule has 0 aliphatic heterocycles. The van der Waals surface area contributed by atoms with Crippen LogP contribution in [-0.4, -0.2) is 35.0 Å². The molecule has 5 heteroatoms. The number of carbonyl (C=O) groups excluding carboxylic acids is 1. The Hall–Kier alpha value is -2.07. The van der Waals surface area contributed by atoms with E-state index in [2.05, 4.69) is 6.58 Å². The SMILES string of the molecule is C=CCN(CC(=O)O)C(=O)C=Cc1ccccc1Cl. The molecule has 0 bridgehead atoms. The van der Waals surface area contributed by atoms with E-state index < -0.39 is 11.9 Å². The third-order valence-corrected chi connectivity index (χ3v) is 2.64. The molecular formula is C14H14ClNO3. The van der Waals surface area contributed by atoms with Gasteiger partial charge in [0.25, 0.3) is 0 Å². The minimum atomic E-state index is -1.07. The Kier molecular flexibility index (Phi) is 5.82. The van der Waals surface area contributed by atoms with Crippen molar-refractivity contribution in [2.45, 2.75) is 0 Å². The predicted octanol–water partition coefficient (Wildman–Crippen LogP) is 2.45. The zero-order valence-corrected chi connectivity index (χ0v) is 11.0. The van der Waals surface area contributed by atoms with Gasteiger partial charge in [-0.25, -0.2) is 0 Å². The molecule has 0 aliphatic rings. The highest BCUT2D eigenvalue weighted by Crippen LogP contribution is 2.16. The molecule has 0 fully saturated rings. The minimum absolute atomic E-state index is 0.179. The monoisotopic (exact) mass is 279 g/mol. The van der Waals surface area contributed by atoms with Crippen LogP contribution in [0, 0.1) is 0 Å². The molecule has 0 aromatic heterocycles. The summed E-state index contributed by atoms with van der Waals surface area (Å²) in [5.41, 5.74) is 0.700. The van der Waals surface area contributed by atoms with Crippen molar-refractivity contribution in [1.82, 2.24) is 4.90 Å². The summed E-state index contributed by atoms with van der Waals surface area (Å²) in [6, 6.07) is 7.07. The molecule has 0 aliphatic carbocycles. The van der Waals surface area contributed by atoms with Crippen molar-refractivity contribution in [3.05, 3.63) is 53.6 Å². The van der Waals surface area contributed by atoms with E-state index in [9.17, 15) is 9.59 Å². The quantitative estimate of drug-likeness (QED) is 0.643. The predicted molar refractivity (Wildman–Crippen MR) is 74.9 cm³/mol. The van der Waals surface area contributed by atoms with E-state index in [1.54, 1.807) is 30.3 Å². The molecule has 1 aromatic rings. The summed E-state index contributed by atoms with van der Waals surface area (Å²) in [7, 11) is 0. The third kappa shape index (κ3) is 4.97. The van der Waals surface area contributed by atoms with E-state index in [1.807, 2.05) is 0 Å². The number of carbonyl (C=O) groups is 2. The summed E-state index contributed by atoms with van der Waals surface area (Å²) in [5.74, 6) is -1.47. The van der Waals surface area contributed by atoms with Crippen LogP contribution >= 0.6 is 11.6 Å². The van der Waals surface area contributed by atoms with Crippen molar-refractivity contribution >= 4 is 29.6 Å². The highest BCUT2D eigenvalue weighted by Gasteiger charge is 2.12. The molecule has 0 saturated carbocycles.